The van der Waals surface area contributed by atoms with Crippen LogP contribution in [-0.2, 0) is 80.0 Å². The van der Waals surface area contributed by atoms with Crippen LogP contribution in [0.5, 0.6) is 0 Å². The summed E-state index contributed by atoms with van der Waals surface area (Å²) in [5, 5.41) is 34.8. The average molecular weight is 1310 g/mol. The van der Waals surface area contributed by atoms with Gasteiger partial charge in [0.25, 0.3) is 0 Å². The second-order valence-electron chi connectivity index (χ2n) is 23.9. The molecule has 0 saturated carbocycles. The van der Waals surface area contributed by atoms with Crippen molar-refractivity contribution in [1.29, 1.82) is 0 Å². The summed E-state index contributed by atoms with van der Waals surface area (Å²) in [6.45, 7) is 12.0. The van der Waals surface area contributed by atoms with Crippen molar-refractivity contribution < 1.29 is 72.2 Å². The van der Waals surface area contributed by atoms with Gasteiger partial charge in [-0.05, 0) is 73.3 Å². The largest absolute Gasteiger partial charge is 0.480 e. The molecular weight excluding hydrogens is 1210 g/mol. The Hall–Kier alpha value is -9.75. The Labute approximate surface area is 540 Å². The zero-order valence-electron chi connectivity index (χ0n) is 53.9. The van der Waals surface area contributed by atoms with Crippen LogP contribution < -0.4 is 87.6 Å². The number of nitrogens with one attached hydrogen (secondary N) is 10. The molecule has 10 atom stereocenters. The molecule has 0 radical (unpaired) electrons. The standard InChI is InChI=1S/C61H95N17O15/c1-31(2)26-41(75-58(90)48(32(3)4)76-47(82)30-69-52(84)39(21-23-44(63)79)70-51(83)37(62)27-35-16-11-9-12-17-35)55(87)71-40(22-24-45(64)80)54(86)74-43(29-46(65)81)57(89)77-49(33(5)6)59(91)72-38(20-15-25-68-61(66)67)53(85)73-42(28-36-18-13-10-14-19-36)56(88)78-50(34(7)8)60(92)93/h9-14,16-19,31-34,37-43,48-50H,15,20-30,62H2,1-8H3,(H2,63,79)(H2,64,80)(H2,65,81)(H,69,84)(H,70,83)(H,71,87)(H,72,91)(H,73,85)(H,74,86)(H,75,90)(H,76,82)(H,77,89)(H,78,88)(H,92,93)(H4,66,67,68)/t37-,38-,39-,40-,41-,42-,43-,48-,49-,50-/m0/s1. The third-order valence-corrected chi connectivity index (χ3v) is 14.3. The van der Waals surface area contributed by atoms with Gasteiger partial charge in [-0.3, -0.25) is 67.3 Å². The number of carboxylic acids is 1. The molecule has 0 bridgehead atoms. The summed E-state index contributed by atoms with van der Waals surface area (Å²) in [5.41, 5.74) is 34.8. The minimum absolute atomic E-state index is 0.0112. The van der Waals surface area contributed by atoms with E-state index in [9.17, 15) is 72.2 Å². The highest BCUT2D eigenvalue weighted by Gasteiger charge is 2.37. The molecule has 2 aromatic rings. The molecule has 0 unspecified atom stereocenters. The van der Waals surface area contributed by atoms with Crippen molar-refractivity contribution in [2.24, 2.45) is 63.1 Å². The highest BCUT2D eigenvalue weighted by atomic mass is 16.4. The summed E-state index contributed by atoms with van der Waals surface area (Å²) < 4.78 is 0. The number of benzene rings is 2. The number of nitrogens with two attached hydrogens (primary N) is 6. The van der Waals surface area contributed by atoms with E-state index in [-0.39, 0.29) is 63.4 Å². The van der Waals surface area contributed by atoms with E-state index in [0.29, 0.717) is 5.56 Å². The number of primary amides is 3. The fraction of sp³-hybridized carbons (Fsp3) is 0.557. The first-order valence-electron chi connectivity index (χ1n) is 30.6. The third-order valence-electron chi connectivity index (χ3n) is 14.3. The molecular formula is C61H95N17O15. The number of carbonyl (C=O) groups is 14. The lowest BCUT2D eigenvalue weighted by Crippen LogP contribution is -2.61. The minimum Gasteiger partial charge on any atom is -0.480 e. The first kappa shape index (κ1) is 79.3. The van der Waals surface area contributed by atoms with Gasteiger partial charge >= 0.3 is 5.97 Å². The maximum Gasteiger partial charge on any atom is 0.326 e. The predicted molar refractivity (Wildman–Crippen MR) is 341 cm³/mol. The molecule has 0 aliphatic carbocycles. The van der Waals surface area contributed by atoms with Gasteiger partial charge in [-0.15, -0.1) is 0 Å². The normalized spacial score (nSPS) is 14.3. The van der Waals surface area contributed by atoms with Gasteiger partial charge in [0.15, 0.2) is 5.96 Å². The van der Waals surface area contributed by atoms with Gasteiger partial charge in [-0.2, -0.15) is 0 Å². The minimum atomic E-state index is -1.86. The second-order valence-corrected chi connectivity index (χ2v) is 23.9. The highest BCUT2D eigenvalue weighted by molar-refractivity contribution is 6.00. The number of rotatable bonds is 42. The van der Waals surface area contributed by atoms with Gasteiger partial charge in [0.05, 0.1) is 19.0 Å². The van der Waals surface area contributed by atoms with Crippen LogP contribution in [0.4, 0.5) is 0 Å². The zero-order valence-corrected chi connectivity index (χ0v) is 53.9. The number of nitrogens with zero attached hydrogens (tertiary/aromatic N) is 1. The molecule has 514 valence electrons. The van der Waals surface area contributed by atoms with Gasteiger partial charge < -0.3 is 92.7 Å². The molecule has 2 rings (SSSR count). The Balaban J connectivity index is 2.39. The third kappa shape index (κ3) is 30.3. The fourth-order valence-electron chi connectivity index (χ4n) is 9.24. The average Bonchev–Trinajstić information content (AvgIpc) is 1.16. The summed E-state index contributed by atoms with van der Waals surface area (Å²) in [6.07, 6.45) is -2.54. The molecule has 0 aromatic heterocycles. The first-order valence-corrected chi connectivity index (χ1v) is 30.6. The molecule has 32 nitrogen and oxygen atoms in total. The summed E-state index contributed by atoms with van der Waals surface area (Å²) >= 11 is 0. The van der Waals surface area contributed by atoms with Crippen molar-refractivity contribution in [2.75, 3.05) is 13.1 Å². The van der Waals surface area contributed by atoms with Crippen LogP contribution in [-0.4, -0.2) is 167 Å². The van der Waals surface area contributed by atoms with Crippen LogP contribution in [0.25, 0.3) is 0 Å². The lowest BCUT2D eigenvalue weighted by Gasteiger charge is -2.29. The maximum atomic E-state index is 14.3. The number of hydrogen-bond acceptors (Lipinski definition) is 16. The SMILES string of the molecule is CC(C)C[C@H](NC(=O)[C@@H](NC(=O)CNC(=O)[C@H](CCC(N)=O)NC(=O)[C@@H](N)Cc1ccccc1)C(C)C)C(=O)N[C@@H](CCC(N)=O)C(=O)N[C@@H](CC(N)=O)C(=O)N[C@H](C(=O)N[C@@H](CCCN=C(N)N)C(=O)N[C@@H](Cc1ccccc1)C(=O)N[C@H](C(=O)O)C(C)C)C(C)C. The molecule has 93 heavy (non-hydrogen) atoms. The molecule has 0 fully saturated rings. The van der Waals surface area contributed by atoms with Gasteiger partial charge in [-0.25, -0.2) is 4.79 Å². The molecule has 0 aliphatic rings. The van der Waals surface area contributed by atoms with E-state index >= 15 is 0 Å². The van der Waals surface area contributed by atoms with Gasteiger partial charge in [0, 0.05) is 25.8 Å². The molecule has 23 N–H and O–H groups in total. The van der Waals surface area contributed by atoms with Crippen molar-refractivity contribution in [3.8, 4) is 0 Å². The van der Waals surface area contributed by atoms with Crippen molar-refractivity contribution in [1.82, 2.24) is 53.2 Å². The predicted octanol–water partition coefficient (Wildman–Crippen LogP) is -4.16. The fourth-order valence-corrected chi connectivity index (χ4v) is 9.24. The number of amides is 13. The Bertz CT molecular complexity index is 2930. The van der Waals surface area contributed by atoms with E-state index in [1.165, 1.54) is 13.8 Å². The lowest BCUT2D eigenvalue weighted by atomic mass is 9.99. The van der Waals surface area contributed by atoms with Gasteiger partial charge in [-0.1, -0.05) is 116 Å². The molecule has 0 saturated heterocycles. The molecule has 2 aromatic carbocycles. The van der Waals surface area contributed by atoms with Crippen molar-refractivity contribution in [3.63, 3.8) is 0 Å². The Kier molecular flexibility index (Phi) is 34.3. The van der Waals surface area contributed by atoms with Crippen molar-refractivity contribution in [2.45, 2.75) is 180 Å². The van der Waals surface area contributed by atoms with Crippen LogP contribution in [0.2, 0.25) is 0 Å². The molecule has 0 spiro atoms. The van der Waals surface area contributed by atoms with E-state index in [1.807, 2.05) is 0 Å². The maximum absolute atomic E-state index is 14.3. The van der Waals surface area contributed by atoms with E-state index in [2.05, 4.69) is 58.2 Å². The number of aliphatic carboxylic acids is 1. The monoisotopic (exact) mass is 1310 g/mol. The van der Waals surface area contributed by atoms with Crippen molar-refractivity contribution in [3.05, 3.63) is 71.8 Å². The Morgan fingerprint density at radius 2 is 0.828 bits per heavy atom. The van der Waals surface area contributed by atoms with E-state index < -0.39 is 187 Å². The number of hydrogen-bond donors (Lipinski definition) is 17. The van der Waals surface area contributed by atoms with Crippen LogP contribution >= 0.6 is 0 Å². The van der Waals surface area contributed by atoms with Crippen LogP contribution in [0.15, 0.2) is 65.7 Å². The highest BCUT2D eigenvalue weighted by Crippen LogP contribution is 2.14. The molecule has 13 amide bonds. The van der Waals surface area contributed by atoms with Gasteiger partial charge in [0.1, 0.15) is 54.4 Å². The van der Waals surface area contributed by atoms with Crippen LogP contribution in [0.3, 0.4) is 0 Å². The summed E-state index contributed by atoms with van der Waals surface area (Å²) in [4.78, 5) is 191. The summed E-state index contributed by atoms with van der Waals surface area (Å²) in [7, 11) is 0. The molecule has 0 heterocycles. The van der Waals surface area contributed by atoms with E-state index in [4.69, 9.17) is 34.4 Å². The Morgan fingerprint density at radius 3 is 1.30 bits per heavy atom. The van der Waals surface area contributed by atoms with E-state index in [0.717, 1.165) is 5.56 Å². The van der Waals surface area contributed by atoms with Crippen LogP contribution in [0, 0.1) is 23.7 Å². The molecule has 32 heteroatoms. The number of carbonyl (C=O) groups excluding carboxylic acids is 13. The number of guanidine groups is 1. The van der Waals surface area contributed by atoms with Crippen LogP contribution in [0.1, 0.15) is 118 Å². The first-order chi connectivity index (χ1) is 43.6. The zero-order chi connectivity index (χ0) is 70.2. The summed E-state index contributed by atoms with van der Waals surface area (Å²) in [6, 6.07) is 2.85. The molecule has 0 aliphatic heterocycles. The lowest BCUT2D eigenvalue weighted by molar-refractivity contribution is -0.143. The van der Waals surface area contributed by atoms with Crippen molar-refractivity contribution >= 4 is 88.7 Å². The quantitative estimate of drug-likeness (QED) is 0.0170. The number of aliphatic imine (C=N–C) groups is 1. The van der Waals surface area contributed by atoms with Gasteiger partial charge in [0.2, 0.25) is 76.8 Å². The second kappa shape index (κ2) is 40.2. The summed E-state index contributed by atoms with van der Waals surface area (Å²) in [5.74, 6) is -16.0. The smallest absolute Gasteiger partial charge is 0.326 e. The van der Waals surface area contributed by atoms with E-state index in [1.54, 1.807) is 102 Å². The topological polar surface area (TPSA) is 548 Å². The number of carboxylic acid groups (broad SMARTS) is 1. The Morgan fingerprint density at radius 1 is 0.430 bits per heavy atom.